The molecule has 0 aliphatic heterocycles. The van der Waals surface area contributed by atoms with Gasteiger partial charge in [0.1, 0.15) is 29.3 Å². The van der Waals surface area contributed by atoms with Gasteiger partial charge in [-0.25, -0.2) is 0 Å². The van der Waals surface area contributed by atoms with Gasteiger partial charge < -0.3 is 19.3 Å². The molecule has 0 saturated carbocycles. The van der Waals surface area contributed by atoms with Crippen molar-refractivity contribution in [2.24, 2.45) is 5.41 Å². The van der Waals surface area contributed by atoms with Crippen LogP contribution in [0.3, 0.4) is 0 Å². The number of Topliss-reactive ketones (excluding diaryl/α,β-unsaturated/α-hetero) is 1. The summed E-state index contributed by atoms with van der Waals surface area (Å²) < 4.78 is 17.8. The van der Waals surface area contributed by atoms with Gasteiger partial charge in [-0.3, -0.25) is 14.6 Å². The summed E-state index contributed by atoms with van der Waals surface area (Å²) in [5.41, 5.74) is 0.726. The molecule has 1 heterocycles. The number of hydrogen-bond donors (Lipinski definition) is 1. The van der Waals surface area contributed by atoms with E-state index < -0.39 is 11.4 Å². The van der Waals surface area contributed by atoms with Crippen molar-refractivity contribution in [3.05, 3.63) is 59.8 Å². The first-order chi connectivity index (χ1) is 17.7. The van der Waals surface area contributed by atoms with Crippen LogP contribution in [-0.2, 0) is 22.6 Å². The third kappa shape index (κ3) is 6.40. The predicted octanol–water partition coefficient (Wildman–Crippen LogP) is 6.39. The summed E-state index contributed by atoms with van der Waals surface area (Å²) in [5.74, 6) is 0.569. The van der Waals surface area contributed by atoms with Crippen LogP contribution in [0.5, 0.6) is 17.2 Å². The highest BCUT2D eigenvalue weighted by Gasteiger charge is 2.44. The summed E-state index contributed by atoms with van der Waals surface area (Å²) in [5, 5.41) is 10.9. The summed E-state index contributed by atoms with van der Waals surface area (Å²) in [6.45, 7) is 7.82. The van der Waals surface area contributed by atoms with E-state index in [9.17, 15) is 14.7 Å². The van der Waals surface area contributed by atoms with E-state index in [0.717, 1.165) is 22.9 Å². The molecule has 3 aromatic rings. The van der Waals surface area contributed by atoms with Crippen LogP contribution in [0.1, 0.15) is 64.5 Å². The third-order valence-electron chi connectivity index (χ3n) is 6.61. The van der Waals surface area contributed by atoms with E-state index in [1.807, 2.05) is 57.2 Å². The van der Waals surface area contributed by atoms with Gasteiger partial charge in [-0.15, -0.1) is 0 Å². The molecule has 0 saturated heterocycles. The third-order valence-corrected chi connectivity index (χ3v) is 6.61. The molecular weight excluding hydrogens is 470 g/mol. The lowest BCUT2D eigenvalue weighted by Crippen LogP contribution is -2.41. The fourth-order valence-electron chi connectivity index (χ4n) is 4.41. The van der Waals surface area contributed by atoms with Crippen molar-refractivity contribution in [1.29, 1.82) is 0 Å². The first kappa shape index (κ1) is 28.0. The van der Waals surface area contributed by atoms with Gasteiger partial charge in [0, 0.05) is 18.0 Å². The molecule has 37 heavy (non-hydrogen) atoms. The molecule has 1 aromatic heterocycles. The minimum atomic E-state index is -1.48. The number of rotatable bonds is 14. The number of benzene rings is 2. The minimum Gasteiger partial charge on any atom is -0.497 e. The van der Waals surface area contributed by atoms with Crippen LogP contribution in [-0.4, -0.2) is 35.1 Å². The Morgan fingerprint density at radius 1 is 1.08 bits per heavy atom. The maximum atomic E-state index is 13.1. The lowest BCUT2D eigenvalue weighted by atomic mass is 9.74. The highest BCUT2D eigenvalue weighted by atomic mass is 16.5. The highest BCUT2D eigenvalue weighted by Crippen LogP contribution is 2.36. The molecule has 1 atom stereocenters. The number of para-hydroxylation sites is 1. The second-order valence-electron chi connectivity index (χ2n) is 9.50. The molecule has 0 amide bonds. The Bertz CT molecular complexity index is 1240. The van der Waals surface area contributed by atoms with Gasteiger partial charge in [0.25, 0.3) is 0 Å². The zero-order valence-corrected chi connectivity index (χ0v) is 22.4. The van der Waals surface area contributed by atoms with Crippen LogP contribution in [0.15, 0.2) is 48.7 Å². The average Bonchev–Trinajstić information content (AvgIpc) is 2.89. The molecule has 7 nitrogen and oxygen atoms in total. The average molecular weight is 508 g/mol. The van der Waals surface area contributed by atoms with Gasteiger partial charge >= 0.3 is 5.97 Å². The van der Waals surface area contributed by atoms with Crippen molar-refractivity contribution in [2.45, 2.75) is 72.5 Å². The van der Waals surface area contributed by atoms with Crippen molar-refractivity contribution in [1.82, 2.24) is 4.98 Å². The van der Waals surface area contributed by atoms with E-state index in [0.29, 0.717) is 29.2 Å². The first-order valence-corrected chi connectivity index (χ1v) is 12.8. The number of ether oxygens (including phenoxy) is 3. The normalized spacial score (nSPS) is 12.8. The number of aromatic nitrogens is 1. The zero-order chi connectivity index (χ0) is 27.0. The number of pyridine rings is 1. The van der Waals surface area contributed by atoms with Crippen LogP contribution in [0.4, 0.5) is 0 Å². The summed E-state index contributed by atoms with van der Waals surface area (Å²) in [6, 6.07) is 12.9. The number of carboxylic acid groups (broad SMARTS) is 1. The summed E-state index contributed by atoms with van der Waals surface area (Å²) >= 11 is 0. The summed E-state index contributed by atoms with van der Waals surface area (Å²) in [6.07, 6.45) is 3.69. The van der Waals surface area contributed by atoms with Crippen molar-refractivity contribution in [2.75, 3.05) is 7.11 Å². The van der Waals surface area contributed by atoms with Gasteiger partial charge in [0.15, 0.2) is 5.78 Å². The molecular formula is C30H37NO6. The minimum absolute atomic E-state index is 0.0695. The maximum Gasteiger partial charge on any atom is 0.317 e. The second kappa shape index (κ2) is 12.6. The quantitative estimate of drug-likeness (QED) is 0.253. The molecule has 0 aliphatic rings. The van der Waals surface area contributed by atoms with E-state index in [1.54, 1.807) is 26.3 Å². The summed E-state index contributed by atoms with van der Waals surface area (Å²) in [4.78, 5) is 30.0. The number of carbonyl (C=O) groups is 2. The van der Waals surface area contributed by atoms with Crippen LogP contribution < -0.4 is 14.2 Å². The Labute approximate surface area is 218 Å². The van der Waals surface area contributed by atoms with Crippen LogP contribution in [0, 0.1) is 5.41 Å². The fraction of sp³-hybridized carbons (Fsp3) is 0.433. The Balaban J connectivity index is 1.94. The molecule has 3 rings (SSSR count). The number of hydrogen-bond acceptors (Lipinski definition) is 6. The molecule has 1 unspecified atom stereocenters. The van der Waals surface area contributed by atoms with Crippen LogP contribution >= 0.6 is 0 Å². The summed E-state index contributed by atoms with van der Waals surface area (Å²) in [7, 11) is 1.61. The van der Waals surface area contributed by atoms with Gasteiger partial charge in [-0.1, -0.05) is 38.5 Å². The molecule has 0 spiro atoms. The van der Waals surface area contributed by atoms with Crippen molar-refractivity contribution in [3.8, 4) is 17.2 Å². The molecule has 0 fully saturated rings. The molecule has 2 aromatic carbocycles. The van der Waals surface area contributed by atoms with Gasteiger partial charge in [0.05, 0.1) is 24.3 Å². The Morgan fingerprint density at radius 3 is 2.49 bits per heavy atom. The lowest BCUT2D eigenvalue weighted by Gasteiger charge is -2.28. The van der Waals surface area contributed by atoms with Crippen molar-refractivity contribution >= 4 is 22.7 Å². The monoisotopic (exact) mass is 507 g/mol. The van der Waals surface area contributed by atoms with Crippen molar-refractivity contribution < 1.29 is 28.9 Å². The van der Waals surface area contributed by atoms with E-state index in [4.69, 9.17) is 14.2 Å². The number of fused-ring (bicyclic) bond motifs is 1. The number of carbonyl (C=O) groups excluding carboxylic acids is 1. The number of ketones is 1. The SMILES string of the molecule is CCCCC(=O)C(CC)(Cc1ccccc1OCc1cnc2ccc(OC)cc2c1OC(C)C)C(=O)O. The van der Waals surface area contributed by atoms with Crippen molar-refractivity contribution in [3.63, 3.8) is 0 Å². The molecule has 0 radical (unpaired) electrons. The topological polar surface area (TPSA) is 95.0 Å². The number of unbranched alkanes of at least 4 members (excludes halogenated alkanes) is 1. The molecule has 0 aliphatic carbocycles. The zero-order valence-electron chi connectivity index (χ0n) is 22.4. The maximum absolute atomic E-state index is 13.1. The number of carboxylic acids is 1. The van der Waals surface area contributed by atoms with Crippen LogP contribution in [0.2, 0.25) is 0 Å². The van der Waals surface area contributed by atoms with Gasteiger partial charge in [0.2, 0.25) is 0 Å². The fourth-order valence-corrected chi connectivity index (χ4v) is 4.41. The second-order valence-corrected chi connectivity index (χ2v) is 9.50. The lowest BCUT2D eigenvalue weighted by molar-refractivity contribution is -0.155. The Kier molecular flexibility index (Phi) is 9.50. The standard InChI is InChI=1S/C30H37NO6/c1-6-8-13-27(32)30(7-2,29(33)34)17-21-11-9-10-12-26(21)36-19-22-18-31-25-15-14-23(35-5)16-24(25)28(22)37-20(3)4/h9-12,14-16,18,20H,6-8,13,17,19H2,1-5H3,(H,33,34). The van der Waals surface area contributed by atoms with Crippen LogP contribution in [0.25, 0.3) is 10.9 Å². The Hall–Kier alpha value is -3.61. The largest absolute Gasteiger partial charge is 0.497 e. The molecule has 7 heteroatoms. The smallest absolute Gasteiger partial charge is 0.317 e. The van der Waals surface area contributed by atoms with E-state index >= 15 is 0 Å². The van der Waals surface area contributed by atoms with Gasteiger partial charge in [-0.05, 0) is 62.9 Å². The Morgan fingerprint density at radius 2 is 1.84 bits per heavy atom. The molecule has 1 N–H and O–H groups in total. The predicted molar refractivity (Wildman–Crippen MR) is 143 cm³/mol. The molecule has 0 bridgehead atoms. The highest BCUT2D eigenvalue weighted by molar-refractivity contribution is 6.03. The first-order valence-electron chi connectivity index (χ1n) is 12.8. The molecule has 198 valence electrons. The number of nitrogens with zero attached hydrogens (tertiary/aromatic N) is 1. The van der Waals surface area contributed by atoms with E-state index in [2.05, 4.69) is 4.98 Å². The van der Waals surface area contributed by atoms with E-state index in [-0.39, 0.29) is 37.8 Å². The van der Waals surface area contributed by atoms with E-state index in [1.165, 1.54) is 0 Å². The van der Waals surface area contributed by atoms with Gasteiger partial charge in [-0.2, -0.15) is 0 Å². The number of methoxy groups -OCH3 is 1. The number of aliphatic carboxylic acids is 1.